The molecule has 1 heterocycles. The van der Waals surface area contributed by atoms with Crippen molar-refractivity contribution in [1.82, 2.24) is 15.1 Å². The highest BCUT2D eigenvalue weighted by atomic mass is 16.5. The summed E-state index contributed by atoms with van der Waals surface area (Å²) in [5, 5.41) is 2.51. The van der Waals surface area contributed by atoms with Crippen LogP contribution in [-0.2, 0) is 14.3 Å². The van der Waals surface area contributed by atoms with E-state index in [0.29, 0.717) is 12.6 Å². The van der Waals surface area contributed by atoms with Crippen LogP contribution in [0.15, 0.2) is 0 Å². The molecule has 1 aliphatic heterocycles. The van der Waals surface area contributed by atoms with Crippen molar-refractivity contribution in [3.8, 4) is 0 Å². The van der Waals surface area contributed by atoms with Gasteiger partial charge in [-0.3, -0.25) is 14.5 Å². The fraction of sp³-hybridized carbons (Fsp3) is 0.833. The molecule has 0 radical (unpaired) electrons. The molecule has 1 fully saturated rings. The number of likely N-dealkylation sites (tertiary alicyclic amines) is 1. The monoisotopic (exact) mass is 257 g/mol. The minimum atomic E-state index is -0.186. The highest BCUT2D eigenvalue weighted by molar-refractivity contribution is 5.83. The third-order valence-corrected chi connectivity index (χ3v) is 3.38. The second-order valence-electron chi connectivity index (χ2n) is 4.87. The Hall–Kier alpha value is -1.14. The molecule has 2 amide bonds. The van der Waals surface area contributed by atoms with E-state index in [1.165, 1.54) is 6.92 Å². The molecule has 6 nitrogen and oxygen atoms in total. The van der Waals surface area contributed by atoms with Gasteiger partial charge < -0.3 is 15.0 Å². The number of methoxy groups -OCH3 is 1. The zero-order valence-electron chi connectivity index (χ0n) is 11.6. The SMILES string of the molecule is CO[C@H]1C[C@@H](CN(C)C(=O)CNC(C)=O)N(C)C1. The van der Waals surface area contributed by atoms with Crippen LogP contribution in [0, 0.1) is 0 Å². The normalized spacial score (nSPS) is 24.0. The number of carbonyl (C=O) groups excluding carboxylic acids is 2. The average Bonchev–Trinajstić information content (AvgIpc) is 2.67. The van der Waals surface area contributed by atoms with Gasteiger partial charge in [0.15, 0.2) is 0 Å². The maximum absolute atomic E-state index is 11.8. The van der Waals surface area contributed by atoms with E-state index in [1.54, 1.807) is 19.1 Å². The smallest absolute Gasteiger partial charge is 0.241 e. The molecule has 0 aromatic carbocycles. The van der Waals surface area contributed by atoms with Gasteiger partial charge in [-0.2, -0.15) is 0 Å². The molecular formula is C12H23N3O3. The Labute approximate surface area is 108 Å². The van der Waals surface area contributed by atoms with E-state index in [0.717, 1.165) is 13.0 Å². The molecule has 0 unspecified atom stereocenters. The summed E-state index contributed by atoms with van der Waals surface area (Å²) in [6.07, 6.45) is 1.18. The summed E-state index contributed by atoms with van der Waals surface area (Å²) in [7, 11) is 5.51. The fourth-order valence-electron chi connectivity index (χ4n) is 2.17. The Balaban J connectivity index is 2.37. The molecule has 6 heteroatoms. The number of amides is 2. The van der Waals surface area contributed by atoms with Gasteiger partial charge >= 0.3 is 0 Å². The average molecular weight is 257 g/mol. The van der Waals surface area contributed by atoms with Gasteiger partial charge in [0.1, 0.15) is 0 Å². The number of carbonyl (C=O) groups is 2. The third-order valence-electron chi connectivity index (χ3n) is 3.38. The number of nitrogens with one attached hydrogen (secondary N) is 1. The first-order chi connectivity index (χ1) is 8.43. The van der Waals surface area contributed by atoms with E-state index in [4.69, 9.17) is 4.74 Å². The molecule has 1 aliphatic rings. The van der Waals surface area contributed by atoms with Crippen molar-refractivity contribution in [2.24, 2.45) is 0 Å². The van der Waals surface area contributed by atoms with Crippen LogP contribution in [0.1, 0.15) is 13.3 Å². The van der Waals surface area contributed by atoms with Crippen LogP contribution in [0.2, 0.25) is 0 Å². The van der Waals surface area contributed by atoms with Crippen molar-refractivity contribution >= 4 is 11.8 Å². The topological polar surface area (TPSA) is 61.9 Å². The standard InChI is InChI=1S/C12H23N3O3/c1-9(16)13-6-12(17)15(3)7-10-5-11(18-4)8-14(10)2/h10-11H,5-8H2,1-4H3,(H,13,16)/t10-,11-/m0/s1. The van der Waals surface area contributed by atoms with Gasteiger partial charge in [0.2, 0.25) is 11.8 Å². The highest BCUT2D eigenvalue weighted by Gasteiger charge is 2.30. The van der Waals surface area contributed by atoms with Crippen LogP contribution < -0.4 is 5.32 Å². The van der Waals surface area contributed by atoms with Crippen molar-refractivity contribution in [2.75, 3.05) is 40.8 Å². The van der Waals surface area contributed by atoms with Gasteiger partial charge in [0, 0.05) is 40.2 Å². The number of hydrogen-bond acceptors (Lipinski definition) is 4. The van der Waals surface area contributed by atoms with Gasteiger partial charge in [-0.1, -0.05) is 0 Å². The van der Waals surface area contributed by atoms with Crippen molar-refractivity contribution in [3.63, 3.8) is 0 Å². The molecule has 0 bridgehead atoms. The molecule has 0 aliphatic carbocycles. The molecule has 1 N–H and O–H groups in total. The Morgan fingerprint density at radius 2 is 2.17 bits per heavy atom. The van der Waals surface area contributed by atoms with Crippen LogP contribution in [0.4, 0.5) is 0 Å². The quantitative estimate of drug-likeness (QED) is 0.707. The zero-order valence-corrected chi connectivity index (χ0v) is 11.6. The molecule has 18 heavy (non-hydrogen) atoms. The molecule has 0 aromatic rings. The van der Waals surface area contributed by atoms with E-state index >= 15 is 0 Å². The van der Waals surface area contributed by atoms with E-state index in [9.17, 15) is 9.59 Å². The molecule has 0 saturated carbocycles. The molecule has 0 aromatic heterocycles. The van der Waals surface area contributed by atoms with Crippen molar-refractivity contribution in [3.05, 3.63) is 0 Å². The second kappa shape index (κ2) is 6.70. The van der Waals surface area contributed by atoms with E-state index in [2.05, 4.69) is 10.2 Å². The predicted molar refractivity (Wildman–Crippen MR) is 68.2 cm³/mol. The zero-order chi connectivity index (χ0) is 13.7. The lowest BCUT2D eigenvalue weighted by Gasteiger charge is -2.25. The first-order valence-electron chi connectivity index (χ1n) is 6.15. The van der Waals surface area contributed by atoms with Gasteiger partial charge in [-0.25, -0.2) is 0 Å². The summed E-state index contributed by atoms with van der Waals surface area (Å²) in [6, 6.07) is 0.321. The van der Waals surface area contributed by atoms with Gasteiger partial charge in [-0.05, 0) is 13.5 Å². The van der Waals surface area contributed by atoms with Gasteiger partial charge in [0.25, 0.3) is 0 Å². The van der Waals surface area contributed by atoms with E-state index in [-0.39, 0.29) is 24.5 Å². The van der Waals surface area contributed by atoms with Gasteiger partial charge in [-0.15, -0.1) is 0 Å². The van der Waals surface area contributed by atoms with Crippen LogP contribution in [0.5, 0.6) is 0 Å². The molecule has 2 atom stereocenters. The Morgan fingerprint density at radius 1 is 1.50 bits per heavy atom. The highest BCUT2D eigenvalue weighted by Crippen LogP contribution is 2.18. The fourth-order valence-corrected chi connectivity index (χ4v) is 2.17. The minimum Gasteiger partial charge on any atom is -0.380 e. The second-order valence-corrected chi connectivity index (χ2v) is 4.87. The first kappa shape index (κ1) is 14.9. The molecule has 1 rings (SSSR count). The number of ether oxygens (including phenoxy) is 1. The summed E-state index contributed by atoms with van der Waals surface area (Å²) >= 11 is 0. The predicted octanol–water partition coefficient (Wildman–Crippen LogP) is -0.700. The lowest BCUT2D eigenvalue weighted by atomic mass is 10.2. The summed E-state index contributed by atoms with van der Waals surface area (Å²) in [4.78, 5) is 26.4. The maximum Gasteiger partial charge on any atom is 0.241 e. The molecular weight excluding hydrogens is 234 g/mol. The number of rotatable bonds is 5. The van der Waals surface area contributed by atoms with Crippen LogP contribution >= 0.6 is 0 Å². The summed E-state index contributed by atoms with van der Waals surface area (Å²) in [5.41, 5.74) is 0. The molecule has 0 spiro atoms. The minimum absolute atomic E-state index is 0.0655. The largest absolute Gasteiger partial charge is 0.380 e. The van der Waals surface area contributed by atoms with Gasteiger partial charge in [0.05, 0.1) is 12.6 Å². The summed E-state index contributed by atoms with van der Waals surface area (Å²) in [5.74, 6) is -0.256. The lowest BCUT2D eigenvalue weighted by molar-refractivity contribution is -0.131. The number of likely N-dealkylation sites (N-methyl/N-ethyl adjacent to an activating group) is 2. The molecule has 1 saturated heterocycles. The van der Waals surface area contributed by atoms with Crippen LogP contribution in [-0.4, -0.2) is 74.6 Å². The third kappa shape index (κ3) is 4.27. The van der Waals surface area contributed by atoms with Crippen LogP contribution in [0.25, 0.3) is 0 Å². The Morgan fingerprint density at radius 3 is 2.67 bits per heavy atom. The Kier molecular flexibility index (Phi) is 5.55. The first-order valence-corrected chi connectivity index (χ1v) is 6.15. The summed E-state index contributed by atoms with van der Waals surface area (Å²) in [6.45, 7) is 3.03. The van der Waals surface area contributed by atoms with Crippen molar-refractivity contribution in [2.45, 2.75) is 25.5 Å². The van der Waals surface area contributed by atoms with E-state index in [1.807, 2.05) is 7.05 Å². The van der Waals surface area contributed by atoms with Crippen molar-refractivity contribution in [1.29, 1.82) is 0 Å². The lowest BCUT2D eigenvalue weighted by Crippen LogP contribution is -2.43. The summed E-state index contributed by atoms with van der Waals surface area (Å²) < 4.78 is 5.33. The molecule has 104 valence electrons. The maximum atomic E-state index is 11.8. The Bertz CT molecular complexity index is 309. The number of nitrogens with zero attached hydrogens (tertiary/aromatic N) is 2. The van der Waals surface area contributed by atoms with Crippen molar-refractivity contribution < 1.29 is 14.3 Å². The van der Waals surface area contributed by atoms with Crippen LogP contribution in [0.3, 0.4) is 0 Å². The number of hydrogen-bond donors (Lipinski definition) is 1. The van der Waals surface area contributed by atoms with E-state index < -0.39 is 0 Å².